The van der Waals surface area contributed by atoms with Gasteiger partial charge >= 0.3 is 0 Å². The van der Waals surface area contributed by atoms with E-state index in [1.165, 1.54) is 0 Å². The highest BCUT2D eigenvalue weighted by Gasteiger charge is 2.41. The van der Waals surface area contributed by atoms with Crippen LogP contribution in [0.15, 0.2) is 46.9 Å². The quantitative estimate of drug-likeness (QED) is 0.822. The zero-order valence-corrected chi connectivity index (χ0v) is 15.9. The Morgan fingerprint density at radius 1 is 0.923 bits per heavy atom. The van der Waals surface area contributed by atoms with Crippen molar-refractivity contribution in [3.8, 4) is 11.5 Å². The van der Waals surface area contributed by atoms with E-state index in [0.717, 1.165) is 10.0 Å². The standard InChI is InChI=1S/C20H20BrNO4/c21-15-3-1-14(2-4-15)20(7-9-24-10-8-20)19(23)22-16-5-6-17-18(13-16)26-12-11-25-17/h1-6,13H,7-12H2,(H,22,23). The third-order valence-electron chi connectivity index (χ3n) is 4.98. The van der Waals surface area contributed by atoms with Gasteiger partial charge in [-0.2, -0.15) is 0 Å². The molecule has 2 aromatic rings. The SMILES string of the molecule is O=C(Nc1ccc2c(c1)OCCO2)C1(c2ccc(Br)cc2)CCOCC1. The van der Waals surface area contributed by atoms with Crippen LogP contribution >= 0.6 is 15.9 Å². The smallest absolute Gasteiger partial charge is 0.235 e. The molecular weight excluding hydrogens is 398 g/mol. The number of fused-ring (bicyclic) bond motifs is 1. The summed E-state index contributed by atoms with van der Waals surface area (Å²) >= 11 is 3.46. The largest absolute Gasteiger partial charge is 0.486 e. The maximum Gasteiger partial charge on any atom is 0.235 e. The number of halogens is 1. The lowest BCUT2D eigenvalue weighted by Crippen LogP contribution is -2.44. The van der Waals surface area contributed by atoms with Gasteiger partial charge in [-0.15, -0.1) is 0 Å². The fourth-order valence-corrected chi connectivity index (χ4v) is 3.77. The summed E-state index contributed by atoms with van der Waals surface area (Å²) in [5, 5.41) is 3.07. The van der Waals surface area contributed by atoms with E-state index in [2.05, 4.69) is 21.2 Å². The Bertz CT molecular complexity index is 800. The van der Waals surface area contributed by atoms with Gasteiger partial charge in [-0.25, -0.2) is 0 Å². The van der Waals surface area contributed by atoms with Gasteiger partial charge in [-0.05, 0) is 42.7 Å². The molecule has 5 nitrogen and oxygen atoms in total. The number of carbonyl (C=O) groups is 1. The van der Waals surface area contributed by atoms with Crippen molar-refractivity contribution in [2.24, 2.45) is 0 Å². The van der Waals surface area contributed by atoms with Crippen LogP contribution in [-0.4, -0.2) is 32.3 Å². The topological polar surface area (TPSA) is 56.8 Å². The third kappa shape index (κ3) is 3.31. The number of hydrogen-bond donors (Lipinski definition) is 1. The summed E-state index contributed by atoms with van der Waals surface area (Å²) in [6.45, 7) is 2.21. The first-order valence-corrected chi connectivity index (χ1v) is 9.52. The summed E-state index contributed by atoms with van der Waals surface area (Å²) in [4.78, 5) is 13.3. The number of benzene rings is 2. The van der Waals surface area contributed by atoms with E-state index >= 15 is 0 Å². The molecule has 1 amide bonds. The van der Waals surface area contributed by atoms with E-state index in [1.54, 1.807) is 0 Å². The van der Waals surface area contributed by atoms with Crippen LogP contribution in [0, 0.1) is 0 Å². The Morgan fingerprint density at radius 3 is 2.35 bits per heavy atom. The number of anilines is 1. The number of nitrogens with one attached hydrogen (secondary N) is 1. The van der Waals surface area contributed by atoms with Crippen molar-refractivity contribution in [1.82, 2.24) is 0 Å². The molecule has 0 saturated carbocycles. The van der Waals surface area contributed by atoms with Crippen LogP contribution < -0.4 is 14.8 Å². The van der Waals surface area contributed by atoms with Gasteiger partial charge < -0.3 is 19.5 Å². The highest BCUT2D eigenvalue weighted by molar-refractivity contribution is 9.10. The minimum atomic E-state index is -0.591. The van der Waals surface area contributed by atoms with Crippen LogP contribution in [-0.2, 0) is 14.9 Å². The summed E-state index contributed by atoms with van der Waals surface area (Å²) in [6, 6.07) is 13.5. The Hall–Kier alpha value is -2.05. The van der Waals surface area contributed by atoms with Crippen molar-refractivity contribution >= 4 is 27.5 Å². The highest BCUT2D eigenvalue weighted by Crippen LogP contribution is 2.38. The van der Waals surface area contributed by atoms with Crippen molar-refractivity contribution in [3.63, 3.8) is 0 Å². The molecule has 2 aliphatic rings. The van der Waals surface area contributed by atoms with Gasteiger partial charge in [-0.3, -0.25) is 4.79 Å². The molecule has 4 rings (SSSR count). The van der Waals surface area contributed by atoms with E-state index in [1.807, 2.05) is 42.5 Å². The summed E-state index contributed by atoms with van der Waals surface area (Å²) in [5.74, 6) is 1.36. The molecule has 0 spiro atoms. The normalized spacial score (nSPS) is 18.2. The molecule has 0 bridgehead atoms. The maximum atomic E-state index is 13.3. The van der Waals surface area contributed by atoms with Gasteiger partial charge in [0.2, 0.25) is 5.91 Å². The second-order valence-corrected chi connectivity index (χ2v) is 7.43. The van der Waals surface area contributed by atoms with E-state index in [0.29, 0.717) is 56.5 Å². The first-order valence-electron chi connectivity index (χ1n) is 8.72. The summed E-state index contributed by atoms with van der Waals surface area (Å²) < 4.78 is 17.7. The molecule has 1 N–H and O–H groups in total. The van der Waals surface area contributed by atoms with Crippen molar-refractivity contribution in [3.05, 3.63) is 52.5 Å². The van der Waals surface area contributed by atoms with Crippen LogP contribution in [0.1, 0.15) is 18.4 Å². The zero-order valence-electron chi connectivity index (χ0n) is 14.3. The predicted molar refractivity (Wildman–Crippen MR) is 102 cm³/mol. The Balaban J connectivity index is 1.62. The van der Waals surface area contributed by atoms with E-state index < -0.39 is 5.41 Å². The molecule has 0 radical (unpaired) electrons. The molecule has 26 heavy (non-hydrogen) atoms. The van der Waals surface area contributed by atoms with Crippen LogP contribution in [0.25, 0.3) is 0 Å². The van der Waals surface area contributed by atoms with Crippen molar-refractivity contribution < 1.29 is 19.0 Å². The van der Waals surface area contributed by atoms with Gasteiger partial charge in [0.1, 0.15) is 13.2 Å². The van der Waals surface area contributed by atoms with E-state index in [9.17, 15) is 4.79 Å². The zero-order chi connectivity index (χ0) is 18.0. The number of rotatable bonds is 3. The van der Waals surface area contributed by atoms with Crippen molar-refractivity contribution in [1.29, 1.82) is 0 Å². The number of carbonyl (C=O) groups excluding carboxylic acids is 1. The average molecular weight is 418 g/mol. The Labute approximate surface area is 160 Å². The van der Waals surface area contributed by atoms with Gasteiger partial charge in [0, 0.05) is 29.4 Å². The van der Waals surface area contributed by atoms with Gasteiger partial charge in [0.15, 0.2) is 11.5 Å². The first-order chi connectivity index (χ1) is 12.7. The molecule has 0 unspecified atom stereocenters. The number of amides is 1. The summed E-state index contributed by atoms with van der Waals surface area (Å²) in [5.41, 5.74) is 1.13. The lowest BCUT2D eigenvalue weighted by atomic mass is 9.73. The Kier molecular flexibility index (Phi) is 4.87. The number of hydrogen-bond acceptors (Lipinski definition) is 4. The monoisotopic (exact) mass is 417 g/mol. The second-order valence-electron chi connectivity index (χ2n) is 6.51. The lowest BCUT2D eigenvalue weighted by Gasteiger charge is -2.36. The second kappa shape index (κ2) is 7.29. The minimum Gasteiger partial charge on any atom is -0.486 e. The fraction of sp³-hybridized carbons (Fsp3) is 0.350. The summed E-state index contributed by atoms with van der Waals surface area (Å²) in [7, 11) is 0. The molecule has 6 heteroatoms. The average Bonchev–Trinajstić information content (AvgIpc) is 2.69. The van der Waals surface area contributed by atoms with Crippen LogP contribution in [0.3, 0.4) is 0 Å². The fourth-order valence-electron chi connectivity index (χ4n) is 3.51. The van der Waals surface area contributed by atoms with Crippen LogP contribution in [0.5, 0.6) is 11.5 Å². The molecule has 2 aromatic carbocycles. The van der Waals surface area contributed by atoms with E-state index in [-0.39, 0.29) is 5.91 Å². The van der Waals surface area contributed by atoms with E-state index in [4.69, 9.17) is 14.2 Å². The van der Waals surface area contributed by atoms with Crippen LogP contribution in [0.2, 0.25) is 0 Å². The minimum absolute atomic E-state index is 0.0141. The molecule has 1 saturated heterocycles. The van der Waals surface area contributed by atoms with Gasteiger partial charge in [0.25, 0.3) is 0 Å². The molecular formula is C20H20BrNO4. The highest BCUT2D eigenvalue weighted by atomic mass is 79.9. The van der Waals surface area contributed by atoms with Crippen molar-refractivity contribution in [2.45, 2.75) is 18.3 Å². The Morgan fingerprint density at radius 2 is 1.62 bits per heavy atom. The molecule has 1 fully saturated rings. The van der Waals surface area contributed by atoms with Crippen LogP contribution in [0.4, 0.5) is 5.69 Å². The molecule has 136 valence electrons. The molecule has 0 aliphatic carbocycles. The summed E-state index contributed by atoms with van der Waals surface area (Å²) in [6.07, 6.45) is 1.32. The third-order valence-corrected chi connectivity index (χ3v) is 5.51. The van der Waals surface area contributed by atoms with Crippen molar-refractivity contribution in [2.75, 3.05) is 31.7 Å². The van der Waals surface area contributed by atoms with Gasteiger partial charge in [-0.1, -0.05) is 28.1 Å². The molecule has 2 aliphatic heterocycles. The maximum absolute atomic E-state index is 13.3. The molecule has 0 atom stereocenters. The molecule has 2 heterocycles. The van der Waals surface area contributed by atoms with Gasteiger partial charge in [0.05, 0.1) is 5.41 Å². The number of ether oxygens (including phenoxy) is 3. The molecule has 0 aromatic heterocycles. The lowest BCUT2D eigenvalue weighted by molar-refractivity contribution is -0.125. The predicted octanol–water partition coefficient (Wildman–Crippen LogP) is 3.91. The first kappa shape index (κ1) is 17.4.